The number of aliphatic hydroxyl groups excluding tert-OH is 1. The first-order chi connectivity index (χ1) is 13.1. The molecule has 10 heteroatoms. The fraction of sp³-hybridized carbons (Fsp3) is 0.667. The number of carbonyl (C=O) groups is 1. The van der Waals surface area contributed by atoms with Crippen molar-refractivity contribution in [2.75, 3.05) is 19.7 Å². The highest BCUT2D eigenvalue weighted by Crippen LogP contribution is 2.65. The van der Waals surface area contributed by atoms with Gasteiger partial charge in [-0.05, 0) is 42.7 Å². The molecule has 156 valence electrons. The van der Waals surface area contributed by atoms with E-state index in [1.165, 1.54) is 6.07 Å². The number of amides is 1. The molecule has 2 fully saturated rings. The lowest BCUT2D eigenvalue weighted by atomic mass is 9.46. The highest BCUT2D eigenvalue weighted by atomic mass is 19.4. The maximum Gasteiger partial charge on any atom is 0.394 e. The van der Waals surface area contributed by atoms with Crippen LogP contribution in [0.2, 0.25) is 0 Å². The van der Waals surface area contributed by atoms with E-state index in [9.17, 15) is 37.0 Å². The summed E-state index contributed by atoms with van der Waals surface area (Å²) < 4.78 is 66.2. The highest BCUT2D eigenvalue weighted by Gasteiger charge is 2.62. The van der Waals surface area contributed by atoms with Crippen LogP contribution in [0.3, 0.4) is 0 Å². The number of aliphatic hydroxyl groups is 1. The van der Waals surface area contributed by atoms with Crippen molar-refractivity contribution in [1.29, 1.82) is 0 Å². The van der Waals surface area contributed by atoms with Gasteiger partial charge in [0.1, 0.15) is 6.09 Å². The summed E-state index contributed by atoms with van der Waals surface area (Å²) in [6.45, 7) is -0.954. The van der Waals surface area contributed by atoms with Crippen molar-refractivity contribution in [3.05, 3.63) is 29.6 Å². The zero-order chi connectivity index (χ0) is 20.7. The molecule has 1 aliphatic carbocycles. The van der Waals surface area contributed by atoms with E-state index in [1.807, 2.05) is 0 Å². The number of rotatable bonds is 4. The topological polar surface area (TPSA) is 76.5 Å². The van der Waals surface area contributed by atoms with Crippen LogP contribution in [0.1, 0.15) is 42.9 Å². The number of carboxylic acid groups (broad SMARTS) is 1. The summed E-state index contributed by atoms with van der Waals surface area (Å²) in [6, 6.07) is 2.46. The molecule has 1 spiro atoms. The molecule has 1 amide bonds. The molecule has 0 radical (unpaired) electrons. The van der Waals surface area contributed by atoms with Gasteiger partial charge in [0.25, 0.3) is 6.43 Å². The molecule has 1 saturated heterocycles. The average Bonchev–Trinajstić information content (AvgIpc) is 2.63. The zero-order valence-electron chi connectivity index (χ0n) is 14.8. The standard InChI is InChI=1S/C18H21F5N2O3/c19-15(20)10-1-2-13(24-8-10)11-7-17(3-5-25(6-4-17)16(27)28)14(11)12(9-26)18(21,22)23/h1-2,8,11-12,14-15,26H,3-7,9H2,(H,27,28)/p-1/t11-,12?,14?/m0/s1. The smallest absolute Gasteiger partial charge is 0.394 e. The molecule has 1 aromatic heterocycles. The molecule has 0 aromatic carbocycles. The Labute approximate surface area is 158 Å². The molecular formula is C18H20F5N2O3-. The van der Waals surface area contributed by atoms with Crippen molar-refractivity contribution in [2.45, 2.75) is 37.8 Å². The van der Waals surface area contributed by atoms with Gasteiger partial charge in [0.2, 0.25) is 0 Å². The number of piperidine rings is 1. The molecule has 28 heavy (non-hydrogen) atoms. The van der Waals surface area contributed by atoms with E-state index in [0.29, 0.717) is 6.42 Å². The number of hydrogen-bond donors (Lipinski definition) is 1. The predicted octanol–water partition coefficient (Wildman–Crippen LogP) is 2.72. The largest absolute Gasteiger partial charge is 0.530 e. The third kappa shape index (κ3) is 3.66. The quantitative estimate of drug-likeness (QED) is 0.779. The Hall–Kier alpha value is -1.97. The fourth-order valence-electron chi connectivity index (χ4n) is 4.82. The van der Waals surface area contributed by atoms with Crippen molar-refractivity contribution >= 4 is 6.09 Å². The van der Waals surface area contributed by atoms with Gasteiger partial charge in [-0.1, -0.05) is 0 Å². The second kappa shape index (κ2) is 7.46. The maximum absolute atomic E-state index is 13.6. The van der Waals surface area contributed by atoms with Crippen LogP contribution in [0.4, 0.5) is 26.7 Å². The van der Waals surface area contributed by atoms with E-state index in [1.54, 1.807) is 0 Å². The number of halogens is 5. The van der Waals surface area contributed by atoms with Crippen LogP contribution < -0.4 is 5.11 Å². The summed E-state index contributed by atoms with van der Waals surface area (Å²) in [5.41, 5.74) is -0.807. The average molecular weight is 407 g/mol. The van der Waals surface area contributed by atoms with Crippen LogP contribution >= 0.6 is 0 Å². The van der Waals surface area contributed by atoms with E-state index in [0.717, 1.165) is 17.2 Å². The van der Waals surface area contributed by atoms with Crippen molar-refractivity contribution in [3.63, 3.8) is 0 Å². The van der Waals surface area contributed by atoms with E-state index in [4.69, 9.17) is 0 Å². The van der Waals surface area contributed by atoms with Crippen LogP contribution in [0.25, 0.3) is 0 Å². The summed E-state index contributed by atoms with van der Waals surface area (Å²) in [5.74, 6) is -3.62. The van der Waals surface area contributed by atoms with Gasteiger partial charge < -0.3 is 19.9 Å². The lowest BCUT2D eigenvalue weighted by Crippen LogP contribution is -2.59. The van der Waals surface area contributed by atoms with Gasteiger partial charge in [-0.2, -0.15) is 13.2 Å². The Balaban J connectivity index is 1.88. The summed E-state index contributed by atoms with van der Waals surface area (Å²) in [4.78, 5) is 16.0. The normalized spacial score (nSPS) is 25.6. The summed E-state index contributed by atoms with van der Waals surface area (Å²) >= 11 is 0. The first-order valence-corrected chi connectivity index (χ1v) is 8.96. The third-order valence-electron chi connectivity index (χ3n) is 6.28. The van der Waals surface area contributed by atoms with Crippen LogP contribution in [0, 0.1) is 17.3 Å². The van der Waals surface area contributed by atoms with Crippen LogP contribution in [-0.4, -0.2) is 47.0 Å². The van der Waals surface area contributed by atoms with Gasteiger partial charge in [0.15, 0.2) is 0 Å². The maximum atomic E-state index is 13.6. The first kappa shape index (κ1) is 20.8. The number of carbonyl (C=O) groups excluding carboxylic acids is 1. The number of alkyl halides is 5. The van der Waals surface area contributed by atoms with Crippen LogP contribution in [0.15, 0.2) is 18.3 Å². The third-order valence-corrected chi connectivity index (χ3v) is 6.28. The molecule has 1 aromatic rings. The lowest BCUT2D eigenvalue weighted by Gasteiger charge is -2.61. The molecule has 2 heterocycles. The molecule has 3 rings (SSSR count). The van der Waals surface area contributed by atoms with Crippen LogP contribution in [0.5, 0.6) is 0 Å². The monoisotopic (exact) mass is 407 g/mol. The van der Waals surface area contributed by atoms with E-state index in [2.05, 4.69) is 4.98 Å². The molecule has 1 aliphatic heterocycles. The lowest BCUT2D eigenvalue weighted by molar-refractivity contribution is -0.272. The minimum atomic E-state index is -4.64. The summed E-state index contributed by atoms with van der Waals surface area (Å²) in [6.07, 6.45) is -6.97. The molecule has 1 N–H and O–H groups in total. The van der Waals surface area contributed by atoms with Gasteiger partial charge in [-0.25, -0.2) is 8.78 Å². The van der Waals surface area contributed by atoms with Crippen molar-refractivity contribution in [2.24, 2.45) is 17.3 Å². The summed E-state index contributed by atoms with van der Waals surface area (Å²) in [5, 5.41) is 20.5. The molecule has 2 aliphatic rings. The Morgan fingerprint density at radius 2 is 1.96 bits per heavy atom. The minimum absolute atomic E-state index is 0.0688. The second-order valence-electron chi connectivity index (χ2n) is 7.60. The van der Waals surface area contributed by atoms with E-state index in [-0.39, 0.29) is 37.2 Å². The number of aromatic nitrogens is 1. The minimum Gasteiger partial charge on any atom is -0.530 e. The SMILES string of the molecule is O=C([O-])N1CCC2(CC1)C[C@@H](c1ccc(C(F)F)cn1)C2C(CO)C(F)(F)F. The molecule has 3 atom stereocenters. The molecule has 5 nitrogen and oxygen atoms in total. The Morgan fingerprint density at radius 1 is 1.32 bits per heavy atom. The van der Waals surface area contributed by atoms with Gasteiger partial charge in [-0.3, -0.25) is 4.98 Å². The molecule has 0 bridgehead atoms. The number of likely N-dealkylation sites (tertiary alicyclic amines) is 1. The van der Waals surface area contributed by atoms with Crippen molar-refractivity contribution in [1.82, 2.24) is 9.88 Å². The number of nitrogens with zero attached hydrogens (tertiary/aromatic N) is 2. The summed E-state index contributed by atoms with van der Waals surface area (Å²) in [7, 11) is 0. The Bertz CT molecular complexity index is 702. The van der Waals surface area contributed by atoms with Crippen molar-refractivity contribution in [3.8, 4) is 0 Å². The predicted molar refractivity (Wildman–Crippen MR) is 85.3 cm³/mol. The van der Waals surface area contributed by atoms with Gasteiger partial charge in [0.05, 0.1) is 12.5 Å². The van der Waals surface area contributed by atoms with Crippen molar-refractivity contribution < 1.29 is 37.0 Å². The van der Waals surface area contributed by atoms with E-state index < -0.39 is 48.5 Å². The van der Waals surface area contributed by atoms with E-state index >= 15 is 0 Å². The van der Waals surface area contributed by atoms with Crippen LogP contribution in [-0.2, 0) is 0 Å². The molecule has 1 saturated carbocycles. The Kier molecular flexibility index (Phi) is 5.53. The molecular weight excluding hydrogens is 387 g/mol. The zero-order valence-corrected chi connectivity index (χ0v) is 14.8. The fourth-order valence-corrected chi connectivity index (χ4v) is 4.82. The van der Waals surface area contributed by atoms with Gasteiger partial charge >= 0.3 is 6.18 Å². The first-order valence-electron chi connectivity index (χ1n) is 8.96. The number of hydrogen-bond acceptors (Lipinski definition) is 4. The van der Waals surface area contributed by atoms with Gasteiger partial charge in [-0.15, -0.1) is 0 Å². The highest BCUT2D eigenvalue weighted by molar-refractivity contribution is 5.62. The number of pyridine rings is 1. The van der Waals surface area contributed by atoms with Gasteiger partial charge in [0, 0.05) is 36.5 Å². The second-order valence-corrected chi connectivity index (χ2v) is 7.60. The molecule has 2 unspecified atom stereocenters. The Morgan fingerprint density at radius 3 is 2.39 bits per heavy atom.